The van der Waals surface area contributed by atoms with Gasteiger partial charge in [0.1, 0.15) is 0 Å². The highest BCUT2D eigenvalue weighted by Crippen LogP contribution is 2.27. The number of benzene rings is 2. The van der Waals surface area contributed by atoms with Gasteiger partial charge in [-0.05, 0) is 48.2 Å². The Labute approximate surface area is 154 Å². The van der Waals surface area contributed by atoms with Gasteiger partial charge in [-0.15, -0.1) is 0 Å². The lowest BCUT2D eigenvalue weighted by molar-refractivity contribution is 0.185. The Morgan fingerprint density at radius 1 is 1.00 bits per heavy atom. The molecule has 1 saturated heterocycles. The van der Waals surface area contributed by atoms with Crippen LogP contribution in [0.4, 0.5) is 0 Å². The molecule has 0 radical (unpaired) electrons. The summed E-state index contributed by atoms with van der Waals surface area (Å²) in [5.74, 6) is 0. The van der Waals surface area contributed by atoms with Crippen LogP contribution in [-0.4, -0.2) is 43.3 Å². The van der Waals surface area contributed by atoms with Crippen LogP contribution in [0.5, 0.6) is 0 Å². The Kier molecular flexibility index (Phi) is 4.53. The maximum absolute atomic E-state index is 12.9. The molecule has 26 heavy (non-hydrogen) atoms. The summed E-state index contributed by atoms with van der Waals surface area (Å²) in [7, 11) is -3.50. The molecular weight excluding hydrogens is 346 g/mol. The number of nitrogens with zero attached hydrogens (tertiary/aromatic N) is 3. The Balaban J connectivity index is 1.47. The summed E-state index contributed by atoms with van der Waals surface area (Å²) in [4.78, 5) is 2.68. The standard InChI is InChI=1S/C20H21N3O2S/c21-13-16-5-7-20(8-6-16)26(24,25)23-12-10-19(15-23)22-11-9-17-3-1-2-4-18(17)14-22/h1-8,19H,9-12,14-15H2. The fourth-order valence-corrected chi connectivity index (χ4v) is 5.40. The zero-order chi connectivity index (χ0) is 18.1. The van der Waals surface area contributed by atoms with Gasteiger partial charge in [-0.3, -0.25) is 4.90 Å². The molecule has 2 aliphatic rings. The lowest BCUT2D eigenvalue weighted by Crippen LogP contribution is -2.41. The van der Waals surface area contributed by atoms with Crippen molar-refractivity contribution in [3.63, 3.8) is 0 Å². The quantitative estimate of drug-likeness (QED) is 0.836. The SMILES string of the molecule is N#Cc1ccc(S(=O)(=O)N2CCC(N3CCc4ccccc4C3)C2)cc1. The van der Waals surface area contributed by atoms with Gasteiger partial charge in [0.15, 0.2) is 0 Å². The Bertz CT molecular complexity index is 948. The van der Waals surface area contributed by atoms with Crippen molar-refractivity contribution in [2.75, 3.05) is 19.6 Å². The summed E-state index contributed by atoms with van der Waals surface area (Å²) in [5, 5.41) is 8.88. The smallest absolute Gasteiger partial charge is 0.243 e. The van der Waals surface area contributed by atoms with Gasteiger partial charge in [-0.2, -0.15) is 9.57 Å². The zero-order valence-electron chi connectivity index (χ0n) is 14.5. The molecule has 134 valence electrons. The van der Waals surface area contributed by atoms with Crippen LogP contribution >= 0.6 is 0 Å². The minimum Gasteiger partial charge on any atom is -0.294 e. The van der Waals surface area contributed by atoms with Gasteiger partial charge in [0.05, 0.1) is 16.5 Å². The van der Waals surface area contributed by atoms with Gasteiger partial charge < -0.3 is 0 Å². The summed E-state index contributed by atoms with van der Waals surface area (Å²) in [6.07, 6.45) is 1.88. The molecule has 0 N–H and O–H groups in total. The van der Waals surface area contributed by atoms with Crippen molar-refractivity contribution in [2.45, 2.75) is 30.3 Å². The second-order valence-electron chi connectivity index (χ2n) is 6.93. The minimum absolute atomic E-state index is 0.261. The summed E-state index contributed by atoms with van der Waals surface area (Å²) < 4.78 is 27.4. The highest BCUT2D eigenvalue weighted by Gasteiger charge is 2.36. The van der Waals surface area contributed by atoms with Crippen molar-refractivity contribution < 1.29 is 8.42 Å². The third-order valence-corrected chi connectivity index (χ3v) is 7.30. The molecule has 1 atom stereocenters. The van der Waals surface area contributed by atoms with Crippen LogP contribution in [0.3, 0.4) is 0 Å². The molecule has 0 aliphatic carbocycles. The Morgan fingerprint density at radius 3 is 2.46 bits per heavy atom. The molecule has 2 aliphatic heterocycles. The van der Waals surface area contributed by atoms with E-state index in [2.05, 4.69) is 29.2 Å². The first-order valence-corrected chi connectivity index (χ1v) is 10.3. The van der Waals surface area contributed by atoms with E-state index in [0.29, 0.717) is 18.7 Å². The van der Waals surface area contributed by atoms with Crippen LogP contribution in [0.15, 0.2) is 53.4 Å². The van der Waals surface area contributed by atoms with E-state index in [4.69, 9.17) is 5.26 Å². The van der Waals surface area contributed by atoms with Crippen molar-refractivity contribution in [3.05, 3.63) is 65.2 Å². The van der Waals surface area contributed by atoms with E-state index in [9.17, 15) is 8.42 Å². The van der Waals surface area contributed by atoms with Crippen molar-refractivity contribution in [1.29, 1.82) is 5.26 Å². The predicted octanol–water partition coefficient (Wildman–Crippen LogP) is 2.38. The summed E-state index contributed by atoms with van der Waals surface area (Å²) in [6.45, 7) is 2.95. The third-order valence-electron chi connectivity index (χ3n) is 5.42. The lowest BCUT2D eigenvalue weighted by Gasteiger charge is -2.33. The topological polar surface area (TPSA) is 64.4 Å². The van der Waals surface area contributed by atoms with Gasteiger partial charge in [0, 0.05) is 32.2 Å². The molecule has 0 bridgehead atoms. The largest absolute Gasteiger partial charge is 0.294 e. The first-order valence-electron chi connectivity index (χ1n) is 8.89. The van der Waals surface area contributed by atoms with Gasteiger partial charge in [-0.1, -0.05) is 24.3 Å². The van der Waals surface area contributed by atoms with E-state index in [0.717, 1.165) is 25.9 Å². The van der Waals surface area contributed by atoms with Gasteiger partial charge in [-0.25, -0.2) is 8.42 Å². The second-order valence-corrected chi connectivity index (χ2v) is 8.87. The van der Waals surface area contributed by atoms with E-state index < -0.39 is 10.0 Å². The van der Waals surface area contributed by atoms with Crippen molar-refractivity contribution in [2.24, 2.45) is 0 Å². The average molecular weight is 367 g/mol. The molecule has 6 heteroatoms. The Hall–Kier alpha value is -2.20. The zero-order valence-corrected chi connectivity index (χ0v) is 15.3. The second kappa shape index (κ2) is 6.84. The van der Waals surface area contributed by atoms with Crippen LogP contribution in [0, 0.1) is 11.3 Å². The molecule has 2 aromatic rings. The first-order chi connectivity index (χ1) is 12.6. The maximum atomic E-state index is 12.9. The fraction of sp³-hybridized carbons (Fsp3) is 0.350. The summed E-state index contributed by atoms with van der Waals surface area (Å²) in [6, 6.07) is 16.9. The number of hydrogen-bond donors (Lipinski definition) is 0. The molecule has 0 aromatic heterocycles. The molecule has 0 spiro atoms. The van der Waals surface area contributed by atoms with E-state index in [-0.39, 0.29) is 10.9 Å². The molecule has 2 aromatic carbocycles. The van der Waals surface area contributed by atoms with E-state index in [1.54, 1.807) is 16.4 Å². The van der Waals surface area contributed by atoms with Crippen LogP contribution in [0.1, 0.15) is 23.1 Å². The van der Waals surface area contributed by atoms with Crippen LogP contribution < -0.4 is 0 Å². The molecule has 4 rings (SSSR count). The number of hydrogen-bond acceptors (Lipinski definition) is 4. The first kappa shape index (κ1) is 17.2. The Morgan fingerprint density at radius 2 is 1.73 bits per heavy atom. The highest BCUT2D eigenvalue weighted by molar-refractivity contribution is 7.89. The number of fused-ring (bicyclic) bond motifs is 1. The predicted molar refractivity (Wildman–Crippen MR) is 98.9 cm³/mol. The fourth-order valence-electron chi connectivity index (χ4n) is 3.91. The molecule has 0 saturated carbocycles. The normalized spacial score (nSPS) is 21.3. The average Bonchev–Trinajstić information content (AvgIpc) is 3.19. The molecule has 0 amide bonds. The lowest BCUT2D eigenvalue weighted by atomic mass is 9.98. The van der Waals surface area contributed by atoms with Crippen LogP contribution in [0.2, 0.25) is 0 Å². The van der Waals surface area contributed by atoms with Crippen molar-refractivity contribution in [1.82, 2.24) is 9.21 Å². The summed E-state index contributed by atoms with van der Waals surface area (Å²) >= 11 is 0. The third kappa shape index (κ3) is 3.14. The highest BCUT2D eigenvalue weighted by atomic mass is 32.2. The number of nitriles is 1. The van der Waals surface area contributed by atoms with E-state index in [1.807, 2.05) is 6.07 Å². The maximum Gasteiger partial charge on any atom is 0.243 e. The minimum atomic E-state index is -3.50. The van der Waals surface area contributed by atoms with Gasteiger partial charge >= 0.3 is 0 Å². The van der Waals surface area contributed by atoms with Crippen LogP contribution in [0.25, 0.3) is 0 Å². The van der Waals surface area contributed by atoms with Crippen molar-refractivity contribution in [3.8, 4) is 6.07 Å². The molecule has 1 unspecified atom stereocenters. The van der Waals surface area contributed by atoms with E-state index in [1.165, 1.54) is 23.3 Å². The van der Waals surface area contributed by atoms with Crippen molar-refractivity contribution >= 4 is 10.0 Å². The molecule has 5 nitrogen and oxygen atoms in total. The monoisotopic (exact) mass is 367 g/mol. The summed E-state index contributed by atoms with van der Waals surface area (Å²) in [5.41, 5.74) is 3.23. The van der Waals surface area contributed by atoms with Gasteiger partial charge in [0.25, 0.3) is 0 Å². The number of rotatable bonds is 3. The van der Waals surface area contributed by atoms with Gasteiger partial charge in [0.2, 0.25) is 10.0 Å². The molecule has 1 fully saturated rings. The van der Waals surface area contributed by atoms with Crippen LogP contribution in [-0.2, 0) is 23.0 Å². The van der Waals surface area contributed by atoms with E-state index >= 15 is 0 Å². The molecular formula is C20H21N3O2S. The molecule has 2 heterocycles. The number of sulfonamides is 1.